The first-order valence-electron chi connectivity index (χ1n) is 7.91. The SMILES string of the molecule is C/C(=N/NC(=O)CN(c1cc(Cl)ccc1C)S(C)(=O)=O)c1cccc(Br)c1. The number of hydrogen-bond acceptors (Lipinski definition) is 4. The molecule has 1 amide bonds. The first-order chi connectivity index (χ1) is 12.6. The van der Waals surface area contributed by atoms with Gasteiger partial charge in [0.1, 0.15) is 6.54 Å². The summed E-state index contributed by atoms with van der Waals surface area (Å²) in [6.07, 6.45) is 1.04. The van der Waals surface area contributed by atoms with Crippen LogP contribution in [0, 0.1) is 6.92 Å². The summed E-state index contributed by atoms with van der Waals surface area (Å²) in [4.78, 5) is 12.3. The van der Waals surface area contributed by atoms with Crippen LogP contribution in [0.15, 0.2) is 52.0 Å². The summed E-state index contributed by atoms with van der Waals surface area (Å²) in [6, 6.07) is 12.3. The second kappa shape index (κ2) is 8.86. The minimum Gasteiger partial charge on any atom is -0.271 e. The predicted molar refractivity (Wildman–Crippen MR) is 113 cm³/mol. The van der Waals surface area contributed by atoms with Crippen LogP contribution in [-0.4, -0.2) is 32.8 Å². The molecule has 0 heterocycles. The Morgan fingerprint density at radius 3 is 2.59 bits per heavy atom. The van der Waals surface area contributed by atoms with Crippen LogP contribution in [0.3, 0.4) is 0 Å². The summed E-state index contributed by atoms with van der Waals surface area (Å²) in [5.41, 5.74) is 4.86. The highest BCUT2D eigenvalue weighted by Gasteiger charge is 2.22. The summed E-state index contributed by atoms with van der Waals surface area (Å²) in [7, 11) is -3.69. The molecule has 6 nitrogen and oxygen atoms in total. The Morgan fingerprint density at radius 1 is 1.26 bits per heavy atom. The molecule has 0 unspecified atom stereocenters. The van der Waals surface area contributed by atoms with Crippen LogP contribution < -0.4 is 9.73 Å². The van der Waals surface area contributed by atoms with Gasteiger partial charge >= 0.3 is 0 Å². The van der Waals surface area contributed by atoms with Gasteiger partial charge in [0.25, 0.3) is 5.91 Å². The largest absolute Gasteiger partial charge is 0.271 e. The molecule has 0 aliphatic heterocycles. The monoisotopic (exact) mass is 471 g/mol. The molecule has 0 radical (unpaired) electrons. The third-order valence-corrected chi connectivity index (χ3v) is 5.57. The Labute approximate surface area is 172 Å². The van der Waals surface area contributed by atoms with Crippen molar-refractivity contribution in [2.75, 3.05) is 17.1 Å². The molecular formula is C18H19BrClN3O3S. The molecule has 0 aliphatic rings. The lowest BCUT2D eigenvalue weighted by Gasteiger charge is -2.23. The number of carbonyl (C=O) groups excluding carboxylic acids is 1. The van der Waals surface area contributed by atoms with Gasteiger partial charge in [-0.1, -0.05) is 45.7 Å². The number of sulfonamides is 1. The minimum absolute atomic E-state index is 0.354. The van der Waals surface area contributed by atoms with E-state index in [2.05, 4.69) is 26.5 Å². The second-order valence-corrected chi connectivity index (χ2v) is 9.20. The fraction of sp³-hybridized carbons (Fsp3) is 0.222. The third-order valence-electron chi connectivity index (χ3n) is 3.72. The van der Waals surface area contributed by atoms with Crippen molar-refractivity contribution in [2.24, 2.45) is 5.10 Å². The molecule has 9 heteroatoms. The van der Waals surface area contributed by atoms with E-state index in [-0.39, 0.29) is 0 Å². The van der Waals surface area contributed by atoms with Crippen molar-refractivity contribution in [3.63, 3.8) is 0 Å². The Bertz CT molecular complexity index is 993. The Balaban J connectivity index is 2.20. The van der Waals surface area contributed by atoms with Gasteiger partial charge in [-0.05, 0) is 49.2 Å². The lowest BCUT2D eigenvalue weighted by molar-refractivity contribution is -0.119. The molecule has 1 N–H and O–H groups in total. The maximum Gasteiger partial charge on any atom is 0.260 e. The smallest absolute Gasteiger partial charge is 0.260 e. The number of carbonyl (C=O) groups is 1. The van der Waals surface area contributed by atoms with Crippen LogP contribution in [0.5, 0.6) is 0 Å². The van der Waals surface area contributed by atoms with Crippen molar-refractivity contribution in [3.8, 4) is 0 Å². The van der Waals surface area contributed by atoms with Gasteiger partial charge in [-0.15, -0.1) is 0 Å². The van der Waals surface area contributed by atoms with Gasteiger partial charge in [0, 0.05) is 9.50 Å². The lowest BCUT2D eigenvalue weighted by Crippen LogP contribution is -2.39. The fourth-order valence-corrected chi connectivity index (χ4v) is 3.79. The lowest BCUT2D eigenvalue weighted by atomic mass is 10.1. The number of aryl methyl sites for hydroxylation is 1. The Kier molecular flexibility index (Phi) is 7.02. The van der Waals surface area contributed by atoms with E-state index in [0.717, 1.165) is 20.6 Å². The summed E-state index contributed by atoms with van der Waals surface area (Å²) in [5, 5.41) is 4.44. The second-order valence-electron chi connectivity index (χ2n) is 5.94. The van der Waals surface area contributed by atoms with Crippen LogP contribution in [0.4, 0.5) is 5.69 Å². The topological polar surface area (TPSA) is 78.8 Å². The Hall–Kier alpha value is -1.90. The molecule has 0 aliphatic carbocycles. The van der Waals surface area contributed by atoms with Crippen LogP contribution in [0.1, 0.15) is 18.1 Å². The molecule has 0 saturated carbocycles. The highest BCUT2D eigenvalue weighted by molar-refractivity contribution is 9.10. The zero-order chi connectivity index (χ0) is 20.2. The fourth-order valence-electron chi connectivity index (χ4n) is 2.32. The number of benzene rings is 2. The van der Waals surface area contributed by atoms with E-state index in [1.807, 2.05) is 24.3 Å². The summed E-state index contributed by atoms with van der Waals surface area (Å²) in [5.74, 6) is -0.561. The van der Waals surface area contributed by atoms with Crippen LogP contribution in [0.2, 0.25) is 5.02 Å². The number of anilines is 1. The summed E-state index contributed by atoms with van der Waals surface area (Å²) >= 11 is 9.36. The van der Waals surface area contributed by atoms with E-state index in [1.165, 1.54) is 6.07 Å². The third kappa shape index (κ3) is 6.05. The molecule has 0 atom stereocenters. The van der Waals surface area contributed by atoms with Crippen molar-refractivity contribution in [1.29, 1.82) is 0 Å². The van der Waals surface area contributed by atoms with Crippen molar-refractivity contribution in [3.05, 3.63) is 63.1 Å². The quantitative estimate of drug-likeness (QED) is 0.514. The first kappa shape index (κ1) is 21.4. The van der Waals surface area contributed by atoms with Gasteiger partial charge in [0.05, 0.1) is 17.7 Å². The van der Waals surface area contributed by atoms with Gasteiger partial charge in [-0.3, -0.25) is 9.10 Å². The van der Waals surface area contributed by atoms with Crippen molar-refractivity contribution in [1.82, 2.24) is 5.43 Å². The van der Waals surface area contributed by atoms with E-state index in [0.29, 0.717) is 22.0 Å². The van der Waals surface area contributed by atoms with E-state index >= 15 is 0 Å². The van der Waals surface area contributed by atoms with Crippen molar-refractivity contribution < 1.29 is 13.2 Å². The molecule has 2 rings (SSSR count). The number of amides is 1. The van der Waals surface area contributed by atoms with Gasteiger partial charge in [-0.2, -0.15) is 5.10 Å². The van der Waals surface area contributed by atoms with Gasteiger partial charge in [0.15, 0.2) is 0 Å². The Morgan fingerprint density at radius 2 is 1.96 bits per heavy atom. The van der Waals surface area contributed by atoms with E-state index in [9.17, 15) is 13.2 Å². The zero-order valence-corrected chi connectivity index (χ0v) is 18.2. The molecule has 0 saturated heterocycles. The summed E-state index contributed by atoms with van der Waals surface area (Å²) in [6.45, 7) is 3.09. The molecule has 0 bridgehead atoms. The number of hydrogen-bond donors (Lipinski definition) is 1. The summed E-state index contributed by atoms with van der Waals surface area (Å²) < 4.78 is 26.3. The number of nitrogens with one attached hydrogen (secondary N) is 1. The van der Waals surface area contributed by atoms with E-state index in [1.54, 1.807) is 26.0 Å². The van der Waals surface area contributed by atoms with E-state index in [4.69, 9.17) is 11.6 Å². The molecule has 2 aromatic rings. The molecule has 27 heavy (non-hydrogen) atoms. The first-order valence-corrected chi connectivity index (χ1v) is 10.9. The minimum atomic E-state index is -3.69. The highest BCUT2D eigenvalue weighted by atomic mass is 79.9. The zero-order valence-electron chi connectivity index (χ0n) is 15.0. The van der Waals surface area contributed by atoms with Crippen LogP contribution in [0.25, 0.3) is 0 Å². The molecule has 2 aromatic carbocycles. The molecular weight excluding hydrogens is 454 g/mol. The normalized spacial score (nSPS) is 12.0. The number of rotatable bonds is 6. The number of halogens is 2. The standard InChI is InChI=1S/C18H19BrClN3O3S/c1-12-7-8-16(20)10-17(12)23(27(3,25)26)11-18(24)22-21-13(2)14-5-4-6-15(19)9-14/h4-10H,11H2,1-3H3,(H,22,24)/b21-13-. The number of nitrogens with zero attached hydrogens (tertiary/aromatic N) is 2. The number of hydrazone groups is 1. The van der Waals surface area contributed by atoms with Crippen LogP contribution in [-0.2, 0) is 14.8 Å². The molecule has 0 fully saturated rings. The van der Waals surface area contributed by atoms with Crippen molar-refractivity contribution in [2.45, 2.75) is 13.8 Å². The van der Waals surface area contributed by atoms with Crippen LogP contribution >= 0.6 is 27.5 Å². The van der Waals surface area contributed by atoms with Gasteiger partial charge < -0.3 is 0 Å². The van der Waals surface area contributed by atoms with Gasteiger partial charge in [-0.25, -0.2) is 13.8 Å². The van der Waals surface area contributed by atoms with Gasteiger partial charge in [0.2, 0.25) is 10.0 Å². The van der Waals surface area contributed by atoms with Crippen molar-refractivity contribution >= 4 is 54.9 Å². The predicted octanol–water partition coefficient (Wildman–Crippen LogP) is 3.72. The molecule has 144 valence electrons. The maximum absolute atomic E-state index is 12.3. The van der Waals surface area contributed by atoms with E-state index < -0.39 is 22.5 Å². The average molecular weight is 473 g/mol. The highest BCUT2D eigenvalue weighted by Crippen LogP contribution is 2.26. The molecule has 0 aromatic heterocycles. The molecule has 0 spiro atoms. The maximum atomic E-state index is 12.3. The average Bonchev–Trinajstić information content (AvgIpc) is 2.59.